The zero-order valence-electron chi connectivity index (χ0n) is 8.70. The number of aromatic carboxylic acids is 1. The Bertz CT molecular complexity index is 389. The lowest BCUT2D eigenvalue weighted by Gasteiger charge is -2.18. The number of aromatic nitrogens is 2. The molecule has 0 bridgehead atoms. The van der Waals surface area contributed by atoms with Crippen LogP contribution in [0.3, 0.4) is 0 Å². The van der Waals surface area contributed by atoms with E-state index >= 15 is 0 Å². The molecule has 0 atom stereocenters. The minimum absolute atomic E-state index is 0.0299. The second kappa shape index (κ2) is 3.72. The highest BCUT2D eigenvalue weighted by atomic mass is 16.6. The second-order valence-corrected chi connectivity index (χ2v) is 3.97. The van der Waals surface area contributed by atoms with E-state index in [1.54, 1.807) is 20.8 Å². The predicted molar refractivity (Wildman–Crippen MR) is 50.7 cm³/mol. The third-order valence-corrected chi connectivity index (χ3v) is 1.42. The molecular formula is C9H12N2O4. The molecule has 0 aliphatic rings. The Morgan fingerprint density at radius 3 is 2.47 bits per heavy atom. The maximum atomic E-state index is 11.4. The van der Waals surface area contributed by atoms with Gasteiger partial charge < -0.3 is 9.84 Å². The van der Waals surface area contributed by atoms with Crippen LogP contribution in [0.5, 0.6) is 0 Å². The molecule has 82 valence electrons. The van der Waals surface area contributed by atoms with Gasteiger partial charge in [-0.1, -0.05) is 0 Å². The number of hydrogen-bond acceptors (Lipinski definition) is 4. The summed E-state index contributed by atoms with van der Waals surface area (Å²) < 4.78 is 5.01. The summed E-state index contributed by atoms with van der Waals surface area (Å²) in [6.07, 6.45) is 0. The van der Waals surface area contributed by atoms with Crippen LogP contribution in [0.25, 0.3) is 0 Å². The Labute approximate surface area is 86.2 Å². The van der Waals surface area contributed by atoms with Gasteiger partial charge in [-0.2, -0.15) is 5.10 Å². The van der Waals surface area contributed by atoms with E-state index in [9.17, 15) is 9.59 Å². The largest absolute Gasteiger partial charge is 0.476 e. The number of aromatic amines is 1. The molecule has 0 aliphatic heterocycles. The van der Waals surface area contributed by atoms with Crippen LogP contribution in [-0.4, -0.2) is 32.8 Å². The molecule has 1 aromatic heterocycles. The standard InChI is InChI=1S/C9H12N2O4/c1-9(2,3)15-8(14)6-4-5(7(12)13)10-11-6/h4H,1-3H3,(H,10,11)(H,12,13). The van der Waals surface area contributed by atoms with Crippen LogP contribution in [0.1, 0.15) is 41.7 Å². The topological polar surface area (TPSA) is 92.3 Å². The van der Waals surface area contributed by atoms with E-state index in [2.05, 4.69) is 10.2 Å². The van der Waals surface area contributed by atoms with E-state index in [4.69, 9.17) is 9.84 Å². The first kappa shape index (κ1) is 11.2. The monoisotopic (exact) mass is 212 g/mol. The van der Waals surface area contributed by atoms with Crippen molar-refractivity contribution in [2.24, 2.45) is 0 Å². The fourth-order valence-corrected chi connectivity index (χ4v) is 0.869. The molecule has 0 radical (unpaired) electrons. The maximum absolute atomic E-state index is 11.4. The Morgan fingerprint density at radius 2 is 2.07 bits per heavy atom. The van der Waals surface area contributed by atoms with E-state index in [1.165, 1.54) is 0 Å². The Balaban J connectivity index is 2.79. The van der Waals surface area contributed by atoms with Gasteiger partial charge in [0.1, 0.15) is 11.3 Å². The van der Waals surface area contributed by atoms with E-state index in [0.717, 1.165) is 6.07 Å². The summed E-state index contributed by atoms with van der Waals surface area (Å²) in [6, 6.07) is 1.14. The molecule has 2 N–H and O–H groups in total. The smallest absolute Gasteiger partial charge is 0.356 e. The summed E-state index contributed by atoms with van der Waals surface area (Å²) in [4.78, 5) is 21.9. The first-order valence-electron chi connectivity index (χ1n) is 4.31. The highest BCUT2D eigenvalue weighted by molar-refractivity contribution is 5.92. The van der Waals surface area contributed by atoms with Gasteiger partial charge in [0, 0.05) is 6.07 Å². The summed E-state index contributed by atoms with van der Waals surface area (Å²) in [5.74, 6) is -1.82. The number of carboxylic acids is 1. The number of rotatable bonds is 2. The molecule has 1 aromatic rings. The first-order chi connectivity index (χ1) is 6.79. The van der Waals surface area contributed by atoms with Gasteiger partial charge in [0.05, 0.1) is 0 Å². The fourth-order valence-electron chi connectivity index (χ4n) is 0.869. The zero-order chi connectivity index (χ0) is 11.6. The van der Waals surface area contributed by atoms with Crippen molar-refractivity contribution in [3.05, 3.63) is 17.5 Å². The molecule has 0 saturated carbocycles. The summed E-state index contributed by atoms with van der Waals surface area (Å²) in [5, 5.41) is 14.3. The molecule has 0 aromatic carbocycles. The van der Waals surface area contributed by atoms with Crippen molar-refractivity contribution in [3.8, 4) is 0 Å². The van der Waals surface area contributed by atoms with Crippen molar-refractivity contribution < 1.29 is 19.4 Å². The molecule has 0 spiro atoms. The molecule has 0 unspecified atom stereocenters. The molecule has 15 heavy (non-hydrogen) atoms. The number of H-pyrrole nitrogens is 1. The minimum atomic E-state index is -1.19. The van der Waals surface area contributed by atoms with Gasteiger partial charge in [-0.3, -0.25) is 5.10 Å². The minimum Gasteiger partial charge on any atom is -0.476 e. The van der Waals surface area contributed by atoms with Gasteiger partial charge in [0.15, 0.2) is 5.69 Å². The SMILES string of the molecule is CC(C)(C)OC(=O)c1cc(C(=O)O)n[nH]1. The van der Waals surface area contributed by atoms with Crippen molar-refractivity contribution in [2.75, 3.05) is 0 Å². The normalized spacial score (nSPS) is 11.1. The Kier molecular flexibility index (Phi) is 2.78. The van der Waals surface area contributed by atoms with E-state index in [0.29, 0.717) is 0 Å². The van der Waals surface area contributed by atoms with Crippen LogP contribution in [0, 0.1) is 0 Å². The number of carbonyl (C=O) groups is 2. The maximum Gasteiger partial charge on any atom is 0.356 e. The predicted octanol–water partition coefficient (Wildman–Crippen LogP) is 1.06. The Morgan fingerprint density at radius 1 is 1.47 bits per heavy atom. The fraction of sp³-hybridized carbons (Fsp3) is 0.444. The molecule has 1 heterocycles. The van der Waals surface area contributed by atoms with Crippen molar-refractivity contribution in [1.82, 2.24) is 10.2 Å². The van der Waals surface area contributed by atoms with Crippen LogP contribution in [0.2, 0.25) is 0 Å². The molecule has 6 heteroatoms. The van der Waals surface area contributed by atoms with Gasteiger partial charge >= 0.3 is 11.9 Å². The number of ether oxygens (including phenoxy) is 1. The number of nitrogens with zero attached hydrogens (tertiary/aromatic N) is 1. The summed E-state index contributed by atoms with van der Waals surface area (Å²) >= 11 is 0. The quantitative estimate of drug-likeness (QED) is 0.715. The average molecular weight is 212 g/mol. The molecule has 0 amide bonds. The lowest BCUT2D eigenvalue weighted by molar-refractivity contribution is 0.00627. The van der Waals surface area contributed by atoms with Crippen LogP contribution in [0.15, 0.2) is 6.07 Å². The number of esters is 1. The van der Waals surface area contributed by atoms with Gasteiger partial charge in [-0.15, -0.1) is 0 Å². The highest BCUT2D eigenvalue weighted by Crippen LogP contribution is 2.11. The van der Waals surface area contributed by atoms with Crippen molar-refractivity contribution >= 4 is 11.9 Å². The molecule has 6 nitrogen and oxygen atoms in total. The number of carbonyl (C=O) groups excluding carboxylic acids is 1. The molecule has 0 fully saturated rings. The zero-order valence-corrected chi connectivity index (χ0v) is 8.70. The molecule has 1 rings (SSSR count). The third kappa shape index (κ3) is 3.08. The number of nitrogens with one attached hydrogen (secondary N) is 1. The lowest BCUT2D eigenvalue weighted by atomic mass is 10.2. The van der Waals surface area contributed by atoms with Gasteiger partial charge in [-0.25, -0.2) is 9.59 Å². The van der Waals surface area contributed by atoms with E-state index in [-0.39, 0.29) is 11.4 Å². The average Bonchev–Trinajstić information content (AvgIpc) is 2.47. The highest BCUT2D eigenvalue weighted by Gasteiger charge is 2.20. The summed E-state index contributed by atoms with van der Waals surface area (Å²) in [6.45, 7) is 5.16. The van der Waals surface area contributed by atoms with Gasteiger partial charge in [-0.05, 0) is 20.8 Å². The van der Waals surface area contributed by atoms with Crippen LogP contribution in [-0.2, 0) is 4.74 Å². The van der Waals surface area contributed by atoms with Gasteiger partial charge in [0.25, 0.3) is 0 Å². The van der Waals surface area contributed by atoms with E-state index < -0.39 is 17.5 Å². The van der Waals surface area contributed by atoms with Crippen LogP contribution in [0.4, 0.5) is 0 Å². The number of hydrogen-bond donors (Lipinski definition) is 2. The van der Waals surface area contributed by atoms with Crippen LogP contribution < -0.4 is 0 Å². The molecule has 0 saturated heterocycles. The third-order valence-electron chi connectivity index (χ3n) is 1.42. The van der Waals surface area contributed by atoms with Gasteiger partial charge in [0.2, 0.25) is 0 Å². The number of carboxylic acid groups (broad SMARTS) is 1. The van der Waals surface area contributed by atoms with Crippen molar-refractivity contribution in [2.45, 2.75) is 26.4 Å². The summed E-state index contributed by atoms with van der Waals surface area (Å²) in [5.41, 5.74) is -0.802. The van der Waals surface area contributed by atoms with Crippen molar-refractivity contribution in [3.63, 3.8) is 0 Å². The lowest BCUT2D eigenvalue weighted by Crippen LogP contribution is -2.24. The first-order valence-corrected chi connectivity index (χ1v) is 4.31. The molecular weight excluding hydrogens is 200 g/mol. The summed E-state index contributed by atoms with van der Waals surface area (Å²) in [7, 11) is 0. The second-order valence-electron chi connectivity index (χ2n) is 3.97. The van der Waals surface area contributed by atoms with Crippen molar-refractivity contribution in [1.29, 1.82) is 0 Å². The van der Waals surface area contributed by atoms with Crippen LogP contribution >= 0.6 is 0 Å². The van der Waals surface area contributed by atoms with E-state index in [1.807, 2.05) is 0 Å². The Hall–Kier alpha value is -1.85. The molecule has 0 aliphatic carbocycles.